The van der Waals surface area contributed by atoms with Crippen molar-refractivity contribution in [1.29, 1.82) is 0 Å². The SMILES string of the molecule is Nc1nn(-c2c(Cl)cc(Cl)cc2Cl)c2c1COCC2. The molecule has 19 heavy (non-hydrogen) atoms. The quantitative estimate of drug-likeness (QED) is 0.875. The van der Waals surface area contributed by atoms with Crippen LogP contribution in [0.4, 0.5) is 5.82 Å². The molecular weight excluding hydrogens is 309 g/mol. The Labute approximate surface area is 125 Å². The third-order valence-corrected chi connectivity index (χ3v) is 3.84. The maximum absolute atomic E-state index is 6.22. The second-order valence-electron chi connectivity index (χ2n) is 4.24. The van der Waals surface area contributed by atoms with Crippen molar-refractivity contribution in [3.8, 4) is 5.69 Å². The second kappa shape index (κ2) is 4.87. The third-order valence-electron chi connectivity index (χ3n) is 3.04. The van der Waals surface area contributed by atoms with Gasteiger partial charge in [-0.1, -0.05) is 34.8 Å². The molecule has 1 aromatic heterocycles. The van der Waals surface area contributed by atoms with Crippen molar-refractivity contribution in [3.63, 3.8) is 0 Å². The van der Waals surface area contributed by atoms with Crippen LogP contribution in [0.3, 0.4) is 0 Å². The van der Waals surface area contributed by atoms with Crippen LogP contribution < -0.4 is 5.73 Å². The number of rotatable bonds is 1. The number of aromatic nitrogens is 2. The number of nitrogens with zero attached hydrogens (tertiary/aromatic N) is 2. The minimum Gasteiger partial charge on any atom is -0.382 e. The van der Waals surface area contributed by atoms with Gasteiger partial charge in [0.2, 0.25) is 0 Å². The Morgan fingerprint density at radius 1 is 1.21 bits per heavy atom. The Hall–Kier alpha value is -0.940. The number of nitrogen functional groups attached to an aromatic ring is 1. The first-order valence-corrected chi connectivity index (χ1v) is 6.80. The van der Waals surface area contributed by atoms with E-state index in [1.54, 1.807) is 16.8 Å². The summed E-state index contributed by atoms with van der Waals surface area (Å²) in [5.74, 6) is 0.441. The highest BCUT2D eigenvalue weighted by Gasteiger charge is 2.23. The van der Waals surface area contributed by atoms with E-state index in [0.29, 0.717) is 39.8 Å². The van der Waals surface area contributed by atoms with E-state index >= 15 is 0 Å². The Balaban J connectivity index is 2.23. The van der Waals surface area contributed by atoms with Gasteiger partial charge in [-0.3, -0.25) is 0 Å². The molecule has 100 valence electrons. The van der Waals surface area contributed by atoms with Crippen LogP contribution in [0.1, 0.15) is 11.3 Å². The van der Waals surface area contributed by atoms with E-state index in [4.69, 9.17) is 45.3 Å². The summed E-state index contributed by atoms with van der Waals surface area (Å²) in [5, 5.41) is 5.68. The lowest BCUT2D eigenvalue weighted by molar-refractivity contribution is 0.110. The fourth-order valence-electron chi connectivity index (χ4n) is 2.18. The van der Waals surface area contributed by atoms with E-state index in [-0.39, 0.29) is 0 Å². The van der Waals surface area contributed by atoms with Gasteiger partial charge >= 0.3 is 0 Å². The molecule has 0 aliphatic carbocycles. The van der Waals surface area contributed by atoms with Crippen molar-refractivity contribution in [2.75, 3.05) is 12.3 Å². The van der Waals surface area contributed by atoms with Crippen molar-refractivity contribution in [3.05, 3.63) is 38.5 Å². The lowest BCUT2D eigenvalue weighted by atomic mass is 10.1. The molecule has 7 heteroatoms. The van der Waals surface area contributed by atoms with E-state index < -0.39 is 0 Å². The van der Waals surface area contributed by atoms with E-state index in [2.05, 4.69) is 5.10 Å². The molecule has 0 unspecified atom stereocenters. The van der Waals surface area contributed by atoms with Gasteiger partial charge in [0, 0.05) is 17.0 Å². The van der Waals surface area contributed by atoms with Gasteiger partial charge < -0.3 is 10.5 Å². The Kier molecular flexibility index (Phi) is 3.35. The maximum Gasteiger partial charge on any atom is 0.151 e. The number of nitrogens with two attached hydrogens (primary N) is 1. The fourth-order valence-corrected chi connectivity index (χ4v) is 3.16. The molecule has 0 saturated heterocycles. The van der Waals surface area contributed by atoms with Gasteiger partial charge in [0.1, 0.15) is 5.69 Å². The zero-order chi connectivity index (χ0) is 13.6. The van der Waals surface area contributed by atoms with Crippen LogP contribution in [0.15, 0.2) is 12.1 Å². The summed E-state index contributed by atoms with van der Waals surface area (Å²) < 4.78 is 7.07. The van der Waals surface area contributed by atoms with Gasteiger partial charge in [-0.2, -0.15) is 0 Å². The first kappa shape index (κ1) is 13.1. The number of halogens is 3. The molecule has 2 N–H and O–H groups in total. The topological polar surface area (TPSA) is 53.1 Å². The van der Waals surface area contributed by atoms with E-state index in [1.165, 1.54) is 0 Å². The van der Waals surface area contributed by atoms with Crippen molar-refractivity contribution >= 4 is 40.6 Å². The molecule has 0 radical (unpaired) electrons. The minimum absolute atomic E-state index is 0.439. The number of ether oxygens (including phenoxy) is 1. The zero-order valence-electron chi connectivity index (χ0n) is 9.79. The highest BCUT2D eigenvalue weighted by Crippen LogP contribution is 2.35. The molecule has 0 amide bonds. The van der Waals surface area contributed by atoms with Gasteiger partial charge in [0.15, 0.2) is 5.82 Å². The average Bonchev–Trinajstić information content (AvgIpc) is 2.67. The molecule has 0 saturated carbocycles. The first-order chi connectivity index (χ1) is 9.08. The van der Waals surface area contributed by atoms with Crippen molar-refractivity contribution in [2.24, 2.45) is 0 Å². The van der Waals surface area contributed by atoms with Crippen LogP contribution in [0, 0.1) is 0 Å². The second-order valence-corrected chi connectivity index (χ2v) is 5.49. The summed E-state index contributed by atoms with van der Waals surface area (Å²) in [4.78, 5) is 0. The van der Waals surface area contributed by atoms with Crippen LogP contribution in [0.2, 0.25) is 15.1 Å². The summed E-state index contributed by atoms with van der Waals surface area (Å²) in [7, 11) is 0. The van der Waals surface area contributed by atoms with Gasteiger partial charge in [0.05, 0.1) is 29.0 Å². The summed E-state index contributed by atoms with van der Waals surface area (Å²) >= 11 is 18.4. The summed E-state index contributed by atoms with van der Waals surface area (Å²) in [6.45, 7) is 1.09. The predicted octanol–water partition coefficient (Wildman–Crippen LogP) is 3.49. The monoisotopic (exact) mass is 317 g/mol. The summed E-state index contributed by atoms with van der Waals surface area (Å²) in [6.07, 6.45) is 0.717. The van der Waals surface area contributed by atoms with Gasteiger partial charge in [0.25, 0.3) is 0 Å². The van der Waals surface area contributed by atoms with Crippen LogP contribution in [-0.2, 0) is 17.8 Å². The summed E-state index contributed by atoms with van der Waals surface area (Å²) in [6, 6.07) is 3.27. The lowest BCUT2D eigenvalue weighted by Gasteiger charge is -2.16. The third kappa shape index (κ3) is 2.19. The summed E-state index contributed by atoms with van der Waals surface area (Å²) in [5.41, 5.74) is 8.38. The van der Waals surface area contributed by atoms with Gasteiger partial charge in [-0.05, 0) is 12.1 Å². The molecule has 3 rings (SSSR count). The molecule has 4 nitrogen and oxygen atoms in total. The largest absolute Gasteiger partial charge is 0.382 e. The minimum atomic E-state index is 0.439. The molecule has 1 aliphatic rings. The molecule has 0 spiro atoms. The van der Waals surface area contributed by atoms with Crippen molar-refractivity contribution < 1.29 is 4.74 Å². The Bertz CT molecular complexity index is 631. The zero-order valence-corrected chi connectivity index (χ0v) is 12.1. The molecule has 2 heterocycles. The normalized spacial score (nSPS) is 14.5. The van der Waals surface area contributed by atoms with Crippen LogP contribution in [-0.4, -0.2) is 16.4 Å². The molecule has 1 aliphatic heterocycles. The number of anilines is 1. The highest BCUT2D eigenvalue weighted by molar-refractivity contribution is 6.40. The van der Waals surface area contributed by atoms with E-state index in [1.807, 2.05) is 0 Å². The van der Waals surface area contributed by atoms with Gasteiger partial charge in [-0.15, -0.1) is 5.10 Å². The molecular formula is C12H10Cl3N3O. The smallest absolute Gasteiger partial charge is 0.151 e. The number of benzene rings is 1. The fraction of sp³-hybridized carbons (Fsp3) is 0.250. The van der Waals surface area contributed by atoms with Crippen LogP contribution >= 0.6 is 34.8 Å². The van der Waals surface area contributed by atoms with Crippen molar-refractivity contribution in [1.82, 2.24) is 9.78 Å². The van der Waals surface area contributed by atoms with Crippen LogP contribution in [0.5, 0.6) is 0 Å². The number of hydrogen-bond donors (Lipinski definition) is 1. The Morgan fingerprint density at radius 3 is 2.58 bits per heavy atom. The molecule has 0 bridgehead atoms. The van der Waals surface area contributed by atoms with E-state index in [0.717, 1.165) is 17.7 Å². The van der Waals surface area contributed by atoms with Crippen LogP contribution in [0.25, 0.3) is 5.69 Å². The lowest BCUT2D eigenvalue weighted by Crippen LogP contribution is -2.13. The molecule has 0 atom stereocenters. The van der Waals surface area contributed by atoms with Gasteiger partial charge in [-0.25, -0.2) is 4.68 Å². The first-order valence-electron chi connectivity index (χ1n) is 5.67. The maximum atomic E-state index is 6.22. The van der Waals surface area contributed by atoms with E-state index in [9.17, 15) is 0 Å². The standard InChI is InChI=1S/C12H10Cl3N3O/c13-6-3-8(14)11(9(15)4-6)18-10-1-2-19-5-7(10)12(16)17-18/h3-4H,1-2,5H2,(H2,16,17). The number of hydrogen-bond acceptors (Lipinski definition) is 3. The average molecular weight is 319 g/mol. The number of fused-ring (bicyclic) bond motifs is 1. The highest BCUT2D eigenvalue weighted by atomic mass is 35.5. The van der Waals surface area contributed by atoms with Crippen molar-refractivity contribution in [2.45, 2.75) is 13.0 Å². The molecule has 1 aromatic carbocycles. The Morgan fingerprint density at radius 2 is 1.89 bits per heavy atom. The predicted molar refractivity (Wildman–Crippen MR) is 76.4 cm³/mol. The molecule has 2 aromatic rings. The molecule has 0 fully saturated rings.